The summed E-state index contributed by atoms with van der Waals surface area (Å²) in [6.07, 6.45) is 7.87. The van der Waals surface area contributed by atoms with Gasteiger partial charge in [0.15, 0.2) is 0 Å². The maximum atomic E-state index is 8.94. The van der Waals surface area contributed by atoms with Gasteiger partial charge in [-0.1, -0.05) is 20.8 Å². The Kier molecular flexibility index (Phi) is 7.14. The standard InChI is InChI=1S/C15H31NO/c1-12(2)14-6-8-15(9-7-14)16-10-4-5-13(3)11-17/h12-17H,4-11H2,1-3H3. The quantitative estimate of drug-likeness (QED) is 0.671. The minimum atomic E-state index is 0.333. The van der Waals surface area contributed by atoms with Gasteiger partial charge in [-0.3, -0.25) is 0 Å². The highest BCUT2D eigenvalue weighted by molar-refractivity contribution is 4.78. The molecule has 1 saturated carbocycles. The van der Waals surface area contributed by atoms with Crippen LogP contribution in [0.1, 0.15) is 59.3 Å². The molecule has 1 aliphatic rings. The van der Waals surface area contributed by atoms with Gasteiger partial charge in [0, 0.05) is 12.6 Å². The van der Waals surface area contributed by atoms with Crippen LogP contribution in [0.25, 0.3) is 0 Å². The molecular weight excluding hydrogens is 210 g/mol. The van der Waals surface area contributed by atoms with E-state index in [4.69, 9.17) is 5.11 Å². The fourth-order valence-corrected chi connectivity index (χ4v) is 2.84. The van der Waals surface area contributed by atoms with Crippen LogP contribution in [0, 0.1) is 17.8 Å². The van der Waals surface area contributed by atoms with Gasteiger partial charge in [0.2, 0.25) is 0 Å². The van der Waals surface area contributed by atoms with Gasteiger partial charge in [-0.15, -0.1) is 0 Å². The van der Waals surface area contributed by atoms with Gasteiger partial charge < -0.3 is 10.4 Å². The maximum absolute atomic E-state index is 8.94. The minimum absolute atomic E-state index is 0.333. The molecule has 0 spiro atoms. The zero-order valence-corrected chi connectivity index (χ0v) is 11.9. The molecule has 1 aliphatic carbocycles. The molecule has 1 atom stereocenters. The number of nitrogens with one attached hydrogen (secondary N) is 1. The lowest BCUT2D eigenvalue weighted by Gasteiger charge is -2.31. The number of aliphatic hydroxyl groups excluding tert-OH is 1. The van der Waals surface area contributed by atoms with Crippen LogP contribution in [0.2, 0.25) is 0 Å². The van der Waals surface area contributed by atoms with Crippen LogP contribution in [0.4, 0.5) is 0 Å². The van der Waals surface area contributed by atoms with Crippen molar-refractivity contribution in [3.05, 3.63) is 0 Å². The molecule has 2 nitrogen and oxygen atoms in total. The third kappa shape index (κ3) is 5.87. The number of hydrogen-bond donors (Lipinski definition) is 2. The van der Waals surface area contributed by atoms with E-state index in [9.17, 15) is 0 Å². The van der Waals surface area contributed by atoms with E-state index in [1.807, 2.05) is 0 Å². The van der Waals surface area contributed by atoms with Gasteiger partial charge in [-0.05, 0) is 62.8 Å². The van der Waals surface area contributed by atoms with E-state index in [0.717, 1.165) is 30.8 Å². The van der Waals surface area contributed by atoms with Crippen molar-refractivity contribution in [3.63, 3.8) is 0 Å². The van der Waals surface area contributed by atoms with Crippen molar-refractivity contribution in [2.45, 2.75) is 65.3 Å². The second kappa shape index (κ2) is 8.10. The third-order valence-corrected chi connectivity index (χ3v) is 4.33. The Balaban J connectivity index is 2.02. The van der Waals surface area contributed by atoms with Gasteiger partial charge in [-0.25, -0.2) is 0 Å². The van der Waals surface area contributed by atoms with Crippen LogP contribution in [-0.4, -0.2) is 24.3 Å². The summed E-state index contributed by atoms with van der Waals surface area (Å²) in [6.45, 7) is 8.29. The van der Waals surface area contributed by atoms with Crippen molar-refractivity contribution in [3.8, 4) is 0 Å². The predicted molar refractivity (Wildman–Crippen MR) is 74.1 cm³/mol. The number of aliphatic hydroxyl groups is 1. The van der Waals surface area contributed by atoms with Gasteiger partial charge in [-0.2, -0.15) is 0 Å². The van der Waals surface area contributed by atoms with E-state index in [1.165, 1.54) is 32.1 Å². The molecule has 0 saturated heterocycles. The molecule has 2 N–H and O–H groups in total. The van der Waals surface area contributed by atoms with Crippen LogP contribution < -0.4 is 5.32 Å². The summed E-state index contributed by atoms with van der Waals surface area (Å²) in [5.41, 5.74) is 0. The van der Waals surface area contributed by atoms with Crippen LogP contribution in [0.5, 0.6) is 0 Å². The molecule has 17 heavy (non-hydrogen) atoms. The molecule has 0 aromatic rings. The zero-order chi connectivity index (χ0) is 12.7. The lowest BCUT2D eigenvalue weighted by Crippen LogP contribution is -2.34. The van der Waals surface area contributed by atoms with Crippen LogP contribution >= 0.6 is 0 Å². The summed E-state index contributed by atoms with van der Waals surface area (Å²) in [6, 6.07) is 0.759. The van der Waals surface area contributed by atoms with Crippen LogP contribution in [0.3, 0.4) is 0 Å². The first-order chi connectivity index (χ1) is 8.13. The monoisotopic (exact) mass is 241 g/mol. The molecular formula is C15H31NO. The Morgan fingerprint density at radius 2 is 1.76 bits per heavy atom. The molecule has 0 aliphatic heterocycles. The molecule has 0 amide bonds. The topological polar surface area (TPSA) is 32.3 Å². The predicted octanol–water partition coefficient (Wildman–Crippen LogP) is 3.20. The molecule has 1 unspecified atom stereocenters. The second-order valence-corrected chi connectivity index (χ2v) is 6.24. The Morgan fingerprint density at radius 1 is 1.12 bits per heavy atom. The Morgan fingerprint density at radius 3 is 2.29 bits per heavy atom. The normalized spacial score (nSPS) is 27.4. The largest absolute Gasteiger partial charge is 0.396 e. The zero-order valence-electron chi connectivity index (χ0n) is 11.9. The molecule has 0 aromatic carbocycles. The lowest BCUT2D eigenvalue weighted by atomic mass is 9.80. The number of hydrogen-bond acceptors (Lipinski definition) is 2. The second-order valence-electron chi connectivity index (χ2n) is 6.24. The molecule has 102 valence electrons. The Bertz CT molecular complexity index is 185. The Labute approximate surface area is 107 Å². The minimum Gasteiger partial charge on any atom is -0.396 e. The van der Waals surface area contributed by atoms with E-state index >= 15 is 0 Å². The van der Waals surface area contributed by atoms with Crippen molar-refractivity contribution in [1.82, 2.24) is 5.32 Å². The lowest BCUT2D eigenvalue weighted by molar-refractivity contribution is 0.222. The van der Waals surface area contributed by atoms with Crippen molar-refractivity contribution in [2.75, 3.05) is 13.2 Å². The number of rotatable bonds is 7. The van der Waals surface area contributed by atoms with E-state index in [0.29, 0.717) is 12.5 Å². The van der Waals surface area contributed by atoms with E-state index in [-0.39, 0.29) is 0 Å². The van der Waals surface area contributed by atoms with E-state index < -0.39 is 0 Å². The summed E-state index contributed by atoms with van der Waals surface area (Å²) in [7, 11) is 0. The molecule has 0 heterocycles. The summed E-state index contributed by atoms with van der Waals surface area (Å²) < 4.78 is 0. The average Bonchev–Trinajstić information content (AvgIpc) is 2.34. The van der Waals surface area contributed by atoms with Gasteiger partial charge in [0.05, 0.1) is 0 Å². The highest BCUT2D eigenvalue weighted by atomic mass is 16.3. The summed E-state index contributed by atoms with van der Waals surface area (Å²) in [5, 5.41) is 12.6. The molecule has 1 fully saturated rings. The average molecular weight is 241 g/mol. The van der Waals surface area contributed by atoms with E-state index in [1.54, 1.807) is 0 Å². The Hall–Kier alpha value is -0.0800. The summed E-state index contributed by atoms with van der Waals surface area (Å²) in [4.78, 5) is 0. The first kappa shape index (κ1) is 15.0. The van der Waals surface area contributed by atoms with Crippen molar-refractivity contribution in [2.24, 2.45) is 17.8 Å². The highest BCUT2D eigenvalue weighted by Crippen LogP contribution is 2.29. The molecule has 2 heteroatoms. The first-order valence-corrected chi connectivity index (χ1v) is 7.47. The fourth-order valence-electron chi connectivity index (χ4n) is 2.84. The summed E-state index contributed by atoms with van der Waals surface area (Å²) >= 11 is 0. The molecule has 0 radical (unpaired) electrons. The smallest absolute Gasteiger partial charge is 0.0456 e. The van der Waals surface area contributed by atoms with Gasteiger partial charge >= 0.3 is 0 Å². The third-order valence-electron chi connectivity index (χ3n) is 4.33. The molecule has 0 aromatic heterocycles. The SMILES string of the molecule is CC(CO)CCCNC1CCC(C(C)C)CC1. The summed E-state index contributed by atoms with van der Waals surface area (Å²) in [5.74, 6) is 2.29. The van der Waals surface area contributed by atoms with E-state index in [2.05, 4.69) is 26.1 Å². The van der Waals surface area contributed by atoms with Crippen molar-refractivity contribution < 1.29 is 5.11 Å². The van der Waals surface area contributed by atoms with Crippen molar-refractivity contribution in [1.29, 1.82) is 0 Å². The van der Waals surface area contributed by atoms with Crippen molar-refractivity contribution >= 4 is 0 Å². The van der Waals surface area contributed by atoms with Gasteiger partial charge in [0.1, 0.15) is 0 Å². The van der Waals surface area contributed by atoms with Crippen LogP contribution in [0.15, 0.2) is 0 Å². The maximum Gasteiger partial charge on any atom is 0.0456 e. The highest BCUT2D eigenvalue weighted by Gasteiger charge is 2.22. The molecule has 1 rings (SSSR count). The van der Waals surface area contributed by atoms with Crippen LogP contribution in [-0.2, 0) is 0 Å². The fraction of sp³-hybridized carbons (Fsp3) is 1.00. The molecule has 0 bridgehead atoms. The van der Waals surface area contributed by atoms with Gasteiger partial charge in [0.25, 0.3) is 0 Å². The first-order valence-electron chi connectivity index (χ1n) is 7.47.